The number of ketones is 1. The highest BCUT2D eigenvalue weighted by molar-refractivity contribution is 7.89. The van der Waals surface area contributed by atoms with E-state index >= 15 is 0 Å². The van der Waals surface area contributed by atoms with Gasteiger partial charge in [-0.3, -0.25) is 14.4 Å². The van der Waals surface area contributed by atoms with Gasteiger partial charge in [-0.05, 0) is 36.4 Å². The largest absolute Gasteiger partial charge is 0.486 e. The van der Waals surface area contributed by atoms with Crippen LogP contribution in [-0.4, -0.2) is 45.9 Å². The highest BCUT2D eigenvalue weighted by atomic mass is 32.2. The lowest BCUT2D eigenvalue weighted by molar-refractivity contribution is -0.147. The Balaban J connectivity index is 1.45. The Hall–Kier alpha value is -3.44. The summed E-state index contributed by atoms with van der Waals surface area (Å²) >= 11 is 0. The molecule has 1 heterocycles. The minimum atomic E-state index is -3.91. The highest BCUT2D eigenvalue weighted by Gasteiger charge is 2.17. The summed E-state index contributed by atoms with van der Waals surface area (Å²) in [5.74, 6) is -0.638. The molecular formula is C20H20N2O8S. The van der Waals surface area contributed by atoms with Crippen molar-refractivity contribution in [1.29, 1.82) is 0 Å². The topological polar surface area (TPSA) is 151 Å². The van der Waals surface area contributed by atoms with Gasteiger partial charge in [-0.2, -0.15) is 0 Å². The van der Waals surface area contributed by atoms with Crippen molar-refractivity contribution < 1.29 is 37.0 Å². The molecule has 11 heteroatoms. The molecule has 0 bridgehead atoms. The van der Waals surface area contributed by atoms with Crippen LogP contribution in [0.4, 0.5) is 5.69 Å². The Labute approximate surface area is 178 Å². The standard InChI is InChI=1S/C20H20N2O8S/c21-31(26,27)15-3-1-2-14(11-15)22-19(24)12-30-20(25)7-5-16(23)13-4-6-17-18(10-13)29-9-8-28-17/h1-4,6,10-11H,5,7-9,12H2,(H,22,24)(H2,21,26,27). The van der Waals surface area contributed by atoms with Crippen LogP contribution in [0.1, 0.15) is 23.2 Å². The third-order valence-electron chi connectivity index (χ3n) is 4.23. The Morgan fingerprint density at radius 2 is 1.74 bits per heavy atom. The van der Waals surface area contributed by atoms with E-state index in [2.05, 4.69) is 5.32 Å². The number of primary sulfonamides is 1. The van der Waals surface area contributed by atoms with Gasteiger partial charge < -0.3 is 19.5 Å². The molecule has 2 aromatic rings. The van der Waals surface area contributed by atoms with Gasteiger partial charge in [-0.25, -0.2) is 13.6 Å². The number of amides is 1. The number of sulfonamides is 1. The van der Waals surface area contributed by atoms with Crippen molar-refractivity contribution in [3.63, 3.8) is 0 Å². The number of hydrogen-bond donors (Lipinski definition) is 2. The average Bonchev–Trinajstić information content (AvgIpc) is 2.75. The lowest BCUT2D eigenvalue weighted by atomic mass is 10.1. The van der Waals surface area contributed by atoms with E-state index in [4.69, 9.17) is 19.3 Å². The van der Waals surface area contributed by atoms with Crippen LogP contribution in [0, 0.1) is 0 Å². The predicted molar refractivity (Wildman–Crippen MR) is 108 cm³/mol. The van der Waals surface area contributed by atoms with Gasteiger partial charge in [0.1, 0.15) is 13.2 Å². The van der Waals surface area contributed by atoms with Crippen LogP contribution >= 0.6 is 0 Å². The minimum absolute atomic E-state index is 0.101. The van der Waals surface area contributed by atoms with Crippen molar-refractivity contribution in [3.8, 4) is 11.5 Å². The summed E-state index contributed by atoms with van der Waals surface area (Å²) in [6, 6.07) is 10.1. The number of nitrogens with one attached hydrogen (secondary N) is 1. The molecule has 3 rings (SSSR count). The van der Waals surface area contributed by atoms with Gasteiger partial charge in [0, 0.05) is 17.7 Å². The summed E-state index contributed by atoms with van der Waals surface area (Å²) in [6.45, 7) is 0.249. The maximum atomic E-state index is 12.3. The maximum Gasteiger partial charge on any atom is 0.306 e. The van der Waals surface area contributed by atoms with Gasteiger partial charge in [-0.1, -0.05) is 6.07 Å². The quantitative estimate of drug-likeness (QED) is 0.452. The highest BCUT2D eigenvalue weighted by Crippen LogP contribution is 2.31. The lowest BCUT2D eigenvalue weighted by Gasteiger charge is -2.18. The first-order chi connectivity index (χ1) is 14.7. The molecule has 31 heavy (non-hydrogen) atoms. The summed E-state index contributed by atoms with van der Waals surface area (Å²) in [5.41, 5.74) is 0.561. The number of hydrogen-bond acceptors (Lipinski definition) is 8. The zero-order valence-corrected chi connectivity index (χ0v) is 17.1. The maximum absolute atomic E-state index is 12.3. The molecule has 164 valence electrons. The first-order valence-corrected chi connectivity index (χ1v) is 10.8. The van der Waals surface area contributed by atoms with E-state index in [0.29, 0.717) is 30.3 Å². The van der Waals surface area contributed by atoms with Crippen molar-refractivity contribution in [3.05, 3.63) is 48.0 Å². The Kier molecular flexibility index (Phi) is 6.88. The van der Waals surface area contributed by atoms with E-state index in [1.54, 1.807) is 18.2 Å². The molecule has 0 atom stereocenters. The average molecular weight is 448 g/mol. The predicted octanol–water partition coefficient (Wildman–Crippen LogP) is 1.25. The summed E-state index contributed by atoms with van der Waals surface area (Å²) in [5, 5.41) is 7.44. The van der Waals surface area contributed by atoms with E-state index in [1.165, 1.54) is 24.3 Å². The number of anilines is 1. The summed E-state index contributed by atoms with van der Waals surface area (Å²) < 4.78 is 38.4. The molecule has 10 nitrogen and oxygen atoms in total. The number of rotatable bonds is 8. The van der Waals surface area contributed by atoms with Gasteiger partial charge in [0.05, 0.1) is 11.3 Å². The van der Waals surface area contributed by atoms with Gasteiger partial charge in [0.25, 0.3) is 5.91 Å². The van der Waals surface area contributed by atoms with Crippen molar-refractivity contribution in [2.75, 3.05) is 25.1 Å². The van der Waals surface area contributed by atoms with Gasteiger partial charge in [-0.15, -0.1) is 0 Å². The number of ether oxygens (including phenoxy) is 3. The van der Waals surface area contributed by atoms with Crippen molar-refractivity contribution >= 4 is 33.4 Å². The molecule has 0 saturated heterocycles. The molecule has 0 spiro atoms. The van der Waals surface area contributed by atoms with E-state index < -0.39 is 28.5 Å². The zero-order valence-electron chi connectivity index (χ0n) is 16.3. The van der Waals surface area contributed by atoms with Crippen LogP contribution in [0.2, 0.25) is 0 Å². The number of nitrogens with two attached hydrogens (primary N) is 1. The Morgan fingerprint density at radius 3 is 2.48 bits per heavy atom. The number of benzene rings is 2. The Bertz CT molecular complexity index is 1110. The second-order valence-electron chi connectivity index (χ2n) is 6.56. The first kappa shape index (κ1) is 22.2. The van der Waals surface area contributed by atoms with E-state index in [-0.39, 0.29) is 29.2 Å². The molecule has 0 radical (unpaired) electrons. The SMILES string of the molecule is NS(=O)(=O)c1cccc(NC(=O)COC(=O)CCC(=O)c2ccc3c(c2)OCCO3)c1. The van der Waals surface area contributed by atoms with Crippen LogP contribution in [-0.2, 0) is 24.3 Å². The van der Waals surface area contributed by atoms with Crippen LogP contribution in [0.3, 0.4) is 0 Å². The first-order valence-electron chi connectivity index (χ1n) is 9.23. The molecule has 0 saturated carbocycles. The van der Waals surface area contributed by atoms with Gasteiger partial charge in [0.2, 0.25) is 10.0 Å². The molecule has 1 aliphatic heterocycles. The minimum Gasteiger partial charge on any atom is -0.486 e. The number of Topliss-reactive ketones (excluding diaryl/α,β-unsaturated/α-hetero) is 1. The van der Waals surface area contributed by atoms with E-state index in [0.717, 1.165) is 0 Å². The normalized spacial score (nSPS) is 12.7. The number of carbonyl (C=O) groups is 3. The van der Waals surface area contributed by atoms with Crippen LogP contribution in [0.25, 0.3) is 0 Å². The fraction of sp³-hybridized carbons (Fsp3) is 0.250. The summed E-state index contributed by atoms with van der Waals surface area (Å²) in [4.78, 5) is 35.9. The molecule has 1 amide bonds. The molecular weight excluding hydrogens is 428 g/mol. The van der Waals surface area contributed by atoms with E-state index in [1.807, 2.05) is 0 Å². The van der Waals surface area contributed by atoms with Gasteiger partial charge >= 0.3 is 5.97 Å². The fourth-order valence-corrected chi connectivity index (χ4v) is 3.30. The molecule has 2 aromatic carbocycles. The molecule has 0 aliphatic carbocycles. The monoisotopic (exact) mass is 448 g/mol. The summed E-state index contributed by atoms with van der Waals surface area (Å²) in [7, 11) is -3.91. The second kappa shape index (κ2) is 9.58. The second-order valence-corrected chi connectivity index (χ2v) is 8.12. The van der Waals surface area contributed by atoms with E-state index in [9.17, 15) is 22.8 Å². The van der Waals surface area contributed by atoms with Crippen molar-refractivity contribution in [1.82, 2.24) is 0 Å². The van der Waals surface area contributed by atoms with Crippen molar-refractivity contribution in [2.45, 2.75) is 17.7 Å². The van der Waals surface area contributed by atoms with Crippen LogP contribution < -0.4 is 19.9 Å². The fourth-order valence-electron chi connectivity index (χ4n) is 2.74. The summed E-state index contributed by atoms with van der Waals surface area (Å²) in [6.07, 6.45) is -0.308. The van der Waals surface area contributed by atoms with Crippen molar-refractivity contribution in [2.24, 2.45) is 5.14 Å². The van der Waals surface area contributed by atoms with Crippen LogP contribution in [0.5, 0.6) is 11.5 Å². The third-order valence-corrected chi connectivity index (χ3v) is 5.14. The number of fused-ring (bicyclic) bond motifs is 1. The molecule has 0 fully saturated rings. The van der Waals surface area contributed by atoms with Gasteiger partial charge in [0.15, 0.2) is 23.9 Å². The Morgan fingerprint density at radius 1 is 1.00 bits per heavy atom. The molecule has 0 unspecified atom stereocenters. The molecule has 3 N–H and O–H groups in total. The van der Waals surface area contributed by atoms with Crippen LogP contribution in [0.15, 0.2) is 47.4 Å². The smallest absolute Gasteiger partial charge is 0.306 e. The number of esters is 1. The zero-order chi connectivity index (χ0) is 22.4. The third kappa shape index (κ3) is 6.27. The lowest BCUT2D eigenvalue weighted by Crippen LogP contribution is -2.21. The molecule has 1 aliphatic rings. The number of carbonyl (C=O) groups excluding carboxylic acids is 3. The molecule has 0 aromatic heterocycles.